The number of nitrogens with zero attached hydrogens (tertiary/aromatic N) is 1. The minimum absolute atomic E-state index is 0.176. The van der Waals surface area contributed by atoms with Crippen molar-refractivity contribution in [1.82, 2.24) is 4.90 Å². The molecule has 2 rings (SSSR count). The van der Waals surface area contributed by atoms with Gasteiger partial charge in [-0.15, -0.1) is 0 Å². The summed E-state index contributed by atoms with van der Waals surface area (Å²) < 4.78 is 18.8. The number of halogens is 2. The predicted molar refractivity (Wildman–Crippen MR) is 70.2 cm³/mol. The van der Waals surface area contributed by atoms with E-state index in [4.69, 9.17) is 4.74 Å². The van der Waals surface area contributed by atoms with E-state index in [9.17, 15) is 4.39 Å². The molecule has 0 atom stereocenters. The molecule has 0 aliphatic heterocycles. The second-order valence-corrected chi connectivity index (χ2v) is 5.14. The van der Waals surface area contributed by atoms with Gasteiger partial charge in [-0.3, -0.25) is 4.90 Å². The van der Waals surface area contributed by atoms with Crippen LogP contribution in [0.5, 0.6) is 5.75 Å². The van der Waals surface area contributed by atoms with Crippen molar-refractivity contribution in [3.05, 3.63) is 29.6 Å². The molecule has 0 saturated heterocycles. The lowest BCUT2D eigenvalue weighted by Gasteiger charge is -2.21. The van der Waals surface area contributed by atoms with Crippen molar-refractivity contribution < 1.29 is 9.13 Å². The molecule has 1 aromatic rings. The van der Waals surface area contributed by atoms with E-state index in [1.165, 1.54) is 18.9 Å². The molecule has 4 heteroatoms. The van der Waals surface area contributed by atoms with Gasteiger partial charge in [0.25, 0.3) is 0 Å². The van der Waals surface area contributed by atoms with Gasteiger partial charge in [0.2, 0.25) is 0 Å². The number of benzene rings is 1. The van der Waals surface area contributed by atoms with Crippen LogP contribution in [0.25, 0.3) is 0 Å². The Morgan fingerprint density at radius 2 is 2.24 bits per heavy atom. The summed E-state index contributed by atoms with van der Waals surface area (Å²) in [5.41, 5.74) is 0.749. The van der Waals surface area contributed by atoms with Crippen LogP contribution in [0.4, 0.5) is 4.39 Å². The smallest absolute Gasteiger partial charge is 0.131 e. The van der Waals surface area contributed by atoms with Crippen molar-refractivity contribution in [2.75, 3.05) is 19.0 Å². The van der Waals surface area contributed by atoms with Gasteiger partial charge in [0.15, 0.2) is 0 Å². The number of hydrogen-bond donors (Lipinski definition) is 0. The topological polar surface area (TPSA) is 12.5 Å². The van der Waals surface area contributed by atoms with Crippen LogP contribution in [0.2, 0.25) is 0 Å². The minimum Gasteiger partial charge on any atom is -0.497 e. The van der Waals surface area contributed by atoms with E-state index in [2.05, 4.69) is 20.8 Å². The van der Waals surface area contributed by atoms with Gasteiger partial charge in [-0.25, -0.2) is 4.39 Å². The summed E-state index contributed by atoms with van der Waals surface area (Å²) in [7, 11) is 1.55. The Morgan fingerprint density at radius 1 is 1.47 bits per heavy atom. The van der Waals surface area contributed by atoms with Gasteiger partial charge in [-0.05, 0) is 18.9 Å². The number of methoxy groups -OCH3 is 1. The molecule has 0 N–H and O–H groups in total. The monoisotopic (exact) mass is 301 g/mol. The van der Waals surface area contributed by atoms with E-state index in [1.807, 2.05) is 12.1 Å². The molecule has 17 heavy (non-hydrogen) atoms. The van der Waals surface area contributed by atoms with E-state index in [1.54, 1.807) is 7.11 Å². The molecule has 94 valence electrons. The van der Waals surface area contributed by atoms with E-state index >= 15 is 0 Å². The van der Waals surface area contributed by atoms with Crippen LogP contribution in [-0.4, -0.2) is 29.9 Å². The molecule has 0 bridgehead atoms. The van der Waals surface area contributed by atoms with Crippen LogP contribution in [-0.2, 0) is 6.54 Å². The normalized spacial score (nSPS) is 15.3. The zero-order chi connectivity index (χ0) is 12.3. The summed E-state index contributed by atoms with van der Waals surface area (Å²) >= 11 is 3.45. The average molecular weight is 302 g/mol. The molecular formula is C13H17BrFNO. The first-order valence-corrected chi connectivity index (χ1v) is 6.99. The predicted octanol–water partition coefficient (Wildman–Crippen LogP) is 3.19. The summed E-state index contributed by atoms with van der Waals surface area (Å²) in [6.07, 6.45) is 2.48. The standard InChI is InChI=1S/C13H17BrFNO/c1-17-12-5-2-10(13(15)8-12)9-16(7-6-14)11-3-4-11/h2,5,8,11H,3-4,6-7,9H2,1H3. The molecule has 1 aromatic carbocycles. The van der Waals surface area contributed by atoms with Crippen molar-refractivity contribution in [3.63, 3.8) is 0 Å². The molecule has 0 heterocycles. The average Bonchev–Trinajstić information content (AvgIpc) is 3.14. The maximum absolute atomic E-state index is 13.8. The lowest BCUT2D eigenvalue weighted by molar-refractivity contribution is 0.268. The Kier molecular flexibility index (Phi) is 4.40. The molecule has 0 radical (unpaired) electrons. The van der Waals surface area contributed by atoms with E-state index in [-0.39, 0.29) is 5.82 Å². The van der Waals surface area contributed by atoms with Crippen molar-refractivity contribution in [2.45, 2.75) is 25.4 Å². The number of hydrogen-bond acceptors (Lipinski definition) is 2. The fraction of sp³-hybridized carbons (Fsp3) is 0.538. The molecule has 1 aliphatic carbocycles. The van der Waals surface area contributed by atoms with E-state index in [0.717, 1.165) is 17.4 Å². The van der Waals surface area contributed by atoms with Crippen LogP contribution >= 0.6 is 15.9 Å². The summed E-state index contributed by atoms with van der Waals surface area (Å²) in [4.78, 5) is 2.33. The van der Waals surface area contributed by atoms with E-state index < -0.39 is 0 Å². The largest absolute Gasteiger partial charge is 0.497 e. The highest BCUT2D eigenvalue weighted by atomic mass is 79.9. The maximum atomic E-state index is 13.8. The summed E-state index contributed by atoms with van der Waals surface area (Å²) in [6.45, 7) is 1.65. The third-order valence-electron chi connectivity index (χ3n) is 3.07. The highest BCUT2D eigenvalue weighted by molar-refractivity contribution is 9.09. The second-order valence-electron chi connectivity index (χ2n) is 4.35. The molecule has 0 unspecified atom stereocenters. The van der Waals surface area contributed by atoms with Gasteiger partial charge in [-0.2, -0.15) is 0 Å². The van der Waals surface area contributed by atoms with Crippen LogP contribution in [0.1, 0.15) is 18.4 Å². The maximum Gasteiger partial charge on any atom is 0.131 e. The molecule has 1 saturated carbocycles. The number of alkyl halides is 1. The van der Waals surface area contributed by atoms with Crippen LogP contribution in [0.15, 0.2) is 18.2 Å². The second kappa shape index (κ2) is 5.83. The Labute approximate surface area is 110 Å². The summed E-state index contributed by atoms with van der Waals surface area (Å²) in [6, 6.07) is 5.73. The Bertz CT molecular complexity index is 382. The van der Waals surface area contributed by atoms with E-state index in [0.29, 0.717) is 18.3 Å². The molecule has 0 amide bonds. The lowest BCUT2D eigenvalue weighted by atomic mass is 10.2. The molecular weight excluding hydrogens is 285 g/mol. The summed E-state index contributed by atoms with van der Waals surface area (Å²) in [5.74, 6) is 0.397. The number of rotatable bonds is 6. The molecule has 2 nitrogen and oxygen atoms in total. The Morgan fingerprint density at radius 3 is 2.76 bits per heavy atom. The van der Waals surface area contributed by atoms with Gasteiger partial charge in [-0.1, -0.05) is 22.0 Å². The Balaban J connectivity index is 2.05. The van der Waals surface area contributed by atoms with Gasteiger partial charge >= 0.3 is 0 Å². The lowest BCUT2D eigenvalue weighted by Crippen LogP contribution is -2.27. The van der Waals surface area contributed by atoms with Crippen LogP contribution in [0, 0.1) is 5.82 Å². The minimum atomic E-state index is -0.176. The molecule has 0 spiro atoms. The quantitative estimate of drug-likeness (QED) is 0.748. The zero-order valence-corrected chi connectivity index (χ0v) is 11.5. The van der Waals surface area contributed by atoms with Gasteiger partial charge in [0.1, 0.15) is 11.6 Å². The highest BCUT2D eigenvalue weighted by Gasteiger charge is 2.28. The summed E-state index contributed by atoms with van der Waals surface area (Å²) in [5, 5.41) is 0.932. The van der Waals surface area contributed by atoms with Gasteiger partial charge < -0.3 is 4.74 Å². The van der Waals surface area contributed by atoms with Crippen molar-refractivity contribution >= 4 is 15.9 Å². The highest BCUT2D eigenvalue weighted by Crippen LogP contribution is 2.29. The first-order valence-electron chi connectivity index (χ1n) is 5.87. The SMILES string of the molecule is COc1ccc(CN(CCBr)C2CC2)c(F)c1. The van der Waals surface area contributed by atoms with Crippen LogP contribution in [0.3, 0.4) is 0 Å². The zero-order valence-electron chi connectivity index (χ0n) is 9.96. The fourth-order valence-electron chi connectivity index (χ4n) is 1.94. The number of ether oxygens (including phenoxy) is 1. The third-order valence-corrected chi connectivity index (χ3v) is 3.42. The van der Waals surface area contributed by atoms with Crippen molar-refractivity contribution in [3.8, 4) is 5.75 Å². The molecule has 1 aliphatic rings. The van der Waals surface area contributed by atoms with Crippen molar-refractivity contribution in [2.24, 2.45) is 0 Å². The third kappa shape index (κ3) is 3.42. The Hall–Kier alpha value is -0.610. The van der Waals surface area contributed by atoms with Gasteiger partial charge in [0, 0.05) is 36.1 Å². The van der Waals surface area contributed by atoms with Crippen LogP contribution < -0.4 is 4.74 Å². The first-order chi connectivity index (χ1) is 8.24. The fourth-order valence-corrected chi connectivity index (χ4v) is 2.40. The van der Waals surface area contributed by atoms with Crippen molar-refractivity contribution in [1.29, 1.82) is 0 Å². The van der Waals surface area contributed by atoms with Gasteiger partial charge in [0.05, 0.1) is 7.11 Å². The molecule has 0 aromatic heterocycles. The molecule has 1 fully saturated rings. The first kappa shape index (κ1) is 12.8.